The Morgan fingerprint density at radius 2 is 1.70 bits per heavy atom. The average Bonchev–Trinajstić information content (AvgIpc) is 2.33. The van der Waals surface area contributed by atoms with Crippen LogP contribution in [0.5, 0.6) is 0 Å². The highest BCUT2D eigenvalue weighted by Gasteiger charge is 2.35. The summed E-state index contributed by atoms with van der Waals surface area (Å²) in [5, 5.41) is 2.27. The minimum Gasteiger partial charge on any atom is -0.326 e. The molecule has 1 aromatic carbocycles. The molecule has 0 saturated heterocycles. The van der Waals surface area contributed by atoms with Crippen molar-refractivity contribution in [2.24, 2.45) is 5.41 Å². The molecule has 0 bridgehead atoms. The fraction of sp³-hybridized carbons (Fsp3) is 0.333. The lowest BCUT2D eigenvalue weighted by molar-refractivity contribution is -0.127. The predicted molar refractivity (Wildman–Crippen MR) is 83.8 cm³/mol. The number of benzene rings is 1. The molecule has 0 heterocycles. The van der Waals surface area contributed by atoms with E-state index in [1.54, 1.807) is 17.5 Å². The zero-order valence-corrected chi connectivity index (χ0v) is 13.0. The molecule has 106 valence electrons. The first-order valence-corrected chi connectivity index (χ1v) is 7.57. The Morgan fingerprint density at radius 1 is 1.15 bits per heavy atom. The van der Waals surface area contributed by atoms with E-state index in [-0.39, 0.29) is 17.0 Å². The number of hydrogen-bond donors (Lipinski definition) is 1. The summed E-state index contributed by atoms with van der Waals surface area (Å²) in [6.07, 6.45) is 0.845. The van der Waals surface area contributed by atoms with E-state index in [0.29, 0.717) is 23.4 Å². The molecule has 1 aromatic rings. The molecule has 1 saturated carbocycles. The van der Waals surface area contributed by atoms with Crippen LogP contribution in [0, 0.1) is 5.41 Å². The van der Waals surface area contributed by atoms with Crippen molar-refractivity contribution in [2.45, 2.75) is 26.7 Å². The highest BCUT2D eigenvalue weighted by Crippen LogP contribution is 2.34. The Balaban J connectivity index is 1.99. The fourth-order valence-corrected chi connectivity index (χ4v) is 2.92. The zero-order valence-electron chi connectivity index (χ0n) is 11.4. The highest BCUT2D eigenvalue weighted by atomic mass is 35.5. The van der Waals surface area contributed by atoms with Gasteiger partial charge in [0, 0.05) is 29.0 Å². The third-order valence-corrected chi connectivity index (χ3v) is 4.04. The molecule has 1 aliphatic rings. The summed E-state index contributed by atoms with van der Waals surface area (Å²) in [4.78, 5) is 23.9. The Morgan fingerprint density at radius 3 is 2.25 bits per heavy atom. The van der Waals surface area contributed by atoms with E-state index in [1.165, 1.54) is 11.9 Å². The lowest BCUT2D eigenvalue weighted by atomic mass is 9.74. The van der Waals surface area contributed by atoms with Gasteiger partial charge in [-0.3, -0.25) is 9.59 Å². The van der Waals surface area contributed by atoms with E-state index in [2.05, 4.69) is 4.72 Å². The molecule has 3 nitrogen and oxygen atoms in total. The standard InChI is InChI=1S/C15H16ClNO2S/c1-15(2)7-13(18)12(14(19)8-15)9-20-17-11-5-3-10(16)4-6-11/h3-6,9,17H,7-8H2,1-2H3. The van der Waals surface area contributed by atoms with Gasteiger partial charge in [-0.25, -0.2) is 0 Å². The van der Waals surface area contributed by atoms with Gasteiger partial charge in [0.05, 0.1) is 5.57 Å². The van der Waals surface area contributed by atoms with E-state index in [1.807, 2.05) is 26.0 Å². The summed E-state index contributed by atoms with van der Waals surface area (Å²) >= 11 is 7.03. The van der Waals surface area contributed by atoms with Gasteiger partial charge in [-0.05, 0) is 41.6 Å². The summed E-state index contributed by atoms with van der Waals surface area (Å²) in [5.74, 6) is -0.145. The van der Waals surface area contributed by atoms with Crippen LogP contribution in [0.2, 0.25) is 5.02 Å². The van der Waals surface area contributed by atoms with Crippen LogP contribution in [0.15, 0.2) is 35.2 Å². The quantitative estimate of drug-likeness (QED) is 0.515. The second-order valence-corrected chi connectivity index (χ2v) is 6.73. The second kappa shape index (κ2) is 6.02. The summed E-state index contributed by atoms with van der Waals surface area (Å²) in [6.45, 7) is 3.89. The molecule has 2 rings (SSSR count). The van der Waals surface area contributed by atoms with Crippen molar-refractivity contribution in [1.82, 2.24) is 0 Å². The monoisotopic (exact) mass is 309 g/mol. The van der Waals surface area contributed by atoms with Gasteiger partial charge in [-0.15, -0.1) is 0 Å². The Hall–Kier alpha value is -1.26. The normalized spacial score (nSPS) is 18.1. The molecular weight excluding hydrogens is 294 g/mol. The van der Waals surface area contributed by atoms with Gasteiger partial charge in [-0.1, -0.05) is 25.4 Å². The number of nitrogens with one attached hydrogen (secondary N) is 1. The number of allylic oxidation sites excluding steroid dienone is 1. The van der Waals surface area contributed by atoms with Crippen LogP contribution in [0.25, 0.3) is 0 Å². The van der Waals surface area contributed by atoms with Crippen LogP contribution in [0.3, 0.4) is 0 Å². The first-order valence-electron chi connectivity index (χ1n) is 6.31. The van der Waals surface area contributed by atoms with Gasteiger partial charge >= 0.3 is 0 Å². The number of anilines is 1. The van der Waals surface area contributed by atoms with E-state index in [9.17, 15) is 9.59 Å². The summed E-state index contributed by atoms with van der Waals surface area (Å²) in [5.41, 5.74) is 0.947. The number of Topliss-reactive ketones (excluding diaryl/α,β-unsaturated/α-hetero) is 2. The largest absolute Gasteiger partial charge is 0.326 e. The molecule has 0 aromatic heterocycles. The molecule has 1 N–H and O–H groups in total. The topological polar surface area (TPSA) is 46.2 Å². The van der Waals surface area contributed by atoms with Crippen molar-refractivity contribution < 1.29 is 9.59 Å². The molecule has 5 heteroatoms. The van der Waals surface area contributed by atoms with Crippen LogP contribution in [0.1, 0.15) is 26.7 Å². The molecule has 1 aliphatic carbocycles. The van der Waals surface area contributed by atoms with Crippen LogP contribution in [0.4, 0.5) is 5.69 Å². The minimum absolute atomic E-state index is 0.0725. The summed E-state index contributed by atoms with van der Waals surface area (Å²) in [6, 6.07) is 7.22. The van der Waals surface area contributed by atoms with Crippen LogP contribution < -0.4 is 4.72 Å². The van der Waals surface area contributed by atoms with E-state index < -0.39 is 0 Å². The second-order valence-electron chi connectivity index (χ2n) is 5.62. The van der Waals surface area contributed by atoms with Crippen molar-refractivity contribution in [3.63, 3.8) is 0 Å². The predicted octanol–water partition coefficient (Wildman–Crippen LogP) is 4.24. The Kier molecular flexibility index (Phi) is 4.55. The summed E-state index contributed by atoms with van der Waals surface area (Å²) in [7, 11) is 0. The number of rotatable bonds is 3. The number of carbonyl (C=O) groups excluding carboxylic acids is 2. The van der Waals surface area contributed by atoms with Crippen molar-refractivity contribution >= 4 is 40.8 Å². The third kappa shape index (κ3) is 3.87. The van der Waals surface area contributed by atoms with Gasteiger partial charge in [0.25, 0.3) is 0 Å². The summed E-state index contributed by atoms with van der Waals surface area (Å²) < 4.78 is 3.06. The number of ketones is 2. The molecule has 20 heavy (non-hydrogen) atoms. The van der Waals surface area contributed by atoms with Gasteiger partial charge in [0.1, 0.15) is 0 Å². The molecule has 0 unspecified atom stereocenters. The van der Waals surface area contributed by atoms with Gasteiger partial charge in [0.2, 0.25) is 0 Å². The lowest BCUT2D eigenvalue weighted by Crippen LogP contribution is -2.31. The zero-order chi connectivity index (χ0) is 14.8. The number of halogens is 1. The first kappa shape index (κ1) is 15.1. The molecule has 1 fully saturated rings. The molecule has 0 spiro atoms. The molecule has 0 radical (unpaired) electrons. The fourth-order valence-electron chi connectivity index (χ4n) is 2.08. The van der Waals surface area contributed by atoms with E-state index >= 15 is 0 Å². The van der Waals surface area contributed by atoms with Gasteiger partial charge < -0.3 is 4.72 Å². The smallest absolute Gasteiger partial charge is 0.167 e. The molecule has 0 atom stereocenters. The number of carbonyl (C=O) groups is 2. The maximum Gasteiger partial charge on any atom is 0.167 e. The maximum atomic E-state index is 12.0. The van der Waals surface area contributed by atoms with Crippen molar-refractivity contribution in [3.05, 3.63) is 40.3 Å². The van der Waals surface area contributed by atoms with E-state index in [0.717, 1.165) is 5.69 Å². The van der Waals surface area contributed by atoms with Crippen LogP contribution in [-0.4, -0.2) is 11.6 Å². The van der Waals surface area contributed by atoms with Crippen molar-refractivity contribution in [1.29, 1.82) is 0 Å². The van der Waals surface area contributed by atoms with Gasteiger partial charge in [-0.2, -0.15) is 0 Å². The maximum absolute atomic E-state index is 12.0. The lowest BCUT2D eigenvalue weighted by Gasteiger charge is -2.28. The molecule has 0 aliphatic heterocycles. The minimum atomic E-state index is -0.222. The van der Waals surface area contributed by atoms with Crippen molar-refractivity contribution in [2.75, 3.05) is 4.72 Å². The first-order chi connectivity index (χ1) is 9.37. The van der Waals surface area contributed by atoms with Crippen LogP contribution >= 0.6 is 23.5 Å². The van der Waals surface area contributed by atoms with Gasteiger partial charge in [0.15, 0.2) is 11.6 Å². The van der Waals surface area contributed by atoms with Crippen molar-refractivity contribution in [3.8, 4) is 0 Å². The number of hydrogen-bond acceptors (Lipinski definition) is 4. The van der Waals surface area contributed by atoms with Crippen LogP contribution in [-0.2, 0) is 9.59 Å². The highest BCUT2D eigenvalue weighted by molar-refractivity contribution is 8.03. The SMILES string of the molecule is CC1(C)CC(=O)C(=CSNc2ccc(Cl)cc2)C(=O)C1. The molecular formula is C15H16ClNO2S. The Bertz CT molecular complexity index is 542. The third-order valence-electron chi connectivity index (χ3n) is 3.08. The van der Waals surface area contributed by atoms with E-state index in [4.69, 9.17) is 11.6 Å². The average molecular weight is 310 g/mol. The Labute approximate surface area is 127 Å². The molecule has 0 amide bonds.